The van der Waals surface area contributed by atoms with Crippen LogP contribution in [0.2, 0.25) is 0 Å². The molecule has 1 fully saturated rings. The average Bonchev–Trinajstić information content (AvgIpc) is 2.74. The van der Waals surface area contributed by atoms with Gasteiger partial charge in [-0.05, 0) is 19.1 Å². The van der Waals surface area contributed by atoms with Crippen molar-refractivity contribution in [3.05, 3.63) is 29.7 Å². The minimum Gasteiger partial charge on any atom is -0.375 e. The fraction of sp³-hybridized carbons (Fsp3) is 0.500. The summed E-state index contributed by atoms with van der Waals surface area (Å²) >= 11 is 0. The number of hydrogen-bond donors (Lipinski definition) is 1. The van der Waals surface area contributed by atoms with Gasteiger partial charge in [-0.25, -0.2) is 9.50 Å². The van der Waals surface area contributed by atoms with Gasteiger partial charge in [0, 0.05) is 25.2 Å². The van der Waals surface area contributed by atoms with Gasteiger partial charge in [0.1, 0.15) is 0 Å². The molecule has 0 bridgehead atoms. The fourth-order valence-corrected chi connectivity index (χ4v) is 2.12. The van der Waals surface area contributed by atoms with Gasteiger partial charge < -0.3 is 10.1 Å². The maximum absolute atomic E-state index is 5.66. The second-order valence-corrected chi connectivity index (χ2v) is 4.37. The van der Waals surface area contributed by atoms with Gasteiger partial charge in [-0.15, -0.1) is 0 Å². The molecular weight excluding hydrogens is 216 g/mol. The number of fused-ring (bicyclic) bond motifs is 1. The van der Waals surface area contributed by atoms with E-state index in [4.69, 9.17) is 4.74 Å². The molecule has 3 heterocycles. The van der Waals surface area contributed by atoms with Crippen LogP contribution in [-0.4, -0.2) is 40.4 Å². The molecule has 3 rings (SSSR count). The van der Waals surface area contributed by atoms with Gasteiger partial charge in [0.15, 0.2) is 11.5 Å². The number of hydrogen-bond acceptors (Lipinski definition) is 4. The number of aromatic nitrogens is 3. The van der Waals surface area contributed by atoms with Crippen LogP contribution in [0, 0.1) is 6.92 Å². The van der Waals surface area contributed by atoms with Crippen molar-refractivity contribution in [2.75, 3.05) is 19.7 Å². The lowest BCUT2D eigenvalue weighted by atomic mass is 10.2. The van der Waals surface area contributed by atoms with E-state index in [2.05, 4.69) is 15.4 Å². The predicted octanol–water partition coefficient (Wildman–Crippen LogP) is 0.569. The van der Waals surface area contributed by atoms with Gasteiger partial charge in [-0.1, -0.05) is 6.07 Å². The van der Waals surface area contributed by atoms with Crippen molar-refractivity contribution in [3.8, 4) is 0 Å². The van der Waals surface area contributed by atoms with Gasteiger partial charge >= 0.3 is 0 Å². The molecule has 5 nitrogen and oxygen atoms in total. The second-order valence-electron chi connectivity index (χ2n) is 4.37. The van der Waals surface area contributed by atoms with Crippen molar-refractivity contribution in [3.63, 3.8) is 0 Å². The Bertz CT molecular complexity index is 516. The summed E-state index contributed by atoms with van der Waals surface area (Å²) in [6.45, 7) is 4.63. The Kier molecular flexibility index (Phi) is 2.78. The van der Waals surface area contributed by atoms with Crippen LogP contribution < -0.4 is 5.32 Å². The molecule has 90 valence electrons. The third-order valence-electron chi connectivity index (χ3n) is 3.01. The molecule has 0 radical (unpaired) electrons. The maximum Gasteiger partial charge on any atom is 0.155 e. The lowest BCUT2D eigenvalue weighted by Gasteiger charge is -2.22. The van der Waals surface area contributed by atoms with Crippen molar-refractivity contribution in [2.45, 2.75) is 19.4 Å². The minimum absolute atomic E-state index is 0.196. The summed E-state index contributed by atoms with van der Waals surface area (Å²) in [5, 5.41) is 7.82. The summed E-state index contributed by atoms with van der Waals surface area (Å²) in [4.78, 5) is 4.51. The van der Waals surface area contributed by atoms with E-state index in [1.165, 1.54) is 0 Å². The molecule has 0 amide bonds. The number of ether oxygens (including phenoxy) is 1. The highest BCUT2D eigenvalue weighted by Gasteiger charge is 2.16. The van der Waals surface area contributed by atoms with E-state index in [0.29, 0.717) is 0 Å². The number of nitrogens with zero attached hydrogens (tertiary/aromatic N) is 3. The van der Waals surface area contributed by atoms with E-state index < -0.39 is 0 Å². The first-order chi connectivity index (χ1) is 8.33. The summed E-state index contributed by atoms with van der Waals surface area (Å²) in [6, 6.07) is 6.01. The summed E-state index contributed by atoms with van der Waals surface area (Å²) in [5.41, 5.74) is 2.01. The average molecular weight is 232 g/mol. The summed E-state index contributed by atoms with van der Waals surface area (Å²) in [7, 11) is 0. The summed E-state index contributed by atoms with van der Waals surface area (Å²) < 4.78 is 7.54. The van der Waals surface area contributed by atoms with Crippen LogP contribution in [0.4, 0.5) is 0 Å². The molecule has 2 aromatic heterocycles. The van der Waals surface area contributed by atoms with Crippen molar-refractivity contribution in [1.82, 2.24) is 19.9 Å². The third kappa shape index (κ3) is 2.16. The van der Waals surface area contributed by atoms with Crippen LogP contribution in [0.25, 0.3) is 5.65 Å². The molecule has 0 aromatic carbocycles. The molecular formula is C12H16N4O. The predicted molar refractivity (Wildman–Crippen MR) is 64.0 cm³/mol. The zero-order chi connectivity index (χ0) is 11.7. The normalized spacial score (nSPS) is 20.9. The van der Waals surface area contributed by atoms with Crippen molar-refractivity contribution >= 4 is 5.65 Å². The highest BCUT2D eigenvalue weighted by Crippen LogP contribution is 2.08. The van der Waals surface area contributed by atoms with Crippen molar-refractivity contribution < 1.29 is 4.74 Å². The molecule has 1 atom stereocenters. The largest absolute Gasteiger partial charge is 0.375 e. The zero-order valence-electron chi connectivity index (χ0n) is 9.89. The number of nitrogens with one attached hydrogen (secondary N) is 1. The fourth-order valence-electron chi connectivity index (χ4n) is 2.12. The SMILES string of the molecule is Cc1cccc2nc(CC3CNCCO3)nn12. The van der Waals surface area contributed by atoms with Crippen LogP contribution in [0.1, 0.15) is 11.5 Å². The smallest absolute Gasteiger partial charge is 0.155 e. The maximum atomic E-state index is 5.66. The molecule has 0 aliphatic carbocycles. The number of aryl methyl sites for hydroxylation is 1. The van der Waals surface area contributed by atoms with Gasteiger partial charge in [0.05, 0.1) is 12.7 Å². The Labute approximate surface area is 99.8 Å². The Morgan fingerprint density at radius 3 is 3.24 bits per heavy atom. The monoisotopic (exact) mass is 232 g/mol. The summed E-state index contributed by atoms with van der Waals surface area (Å²) in [6.07, 6.45) is 0.968. The third-order valence-corrected chi connectivity index (χ3v) is 3.01. The van der Waals surface area contributed by atoms with Gasteiger partial charge in [-0.2, -0.15) is 5.10 Å². The molecule has 1 aliphatic rings. The Morgan fingerprint density at radius 1 is 1.53 bits per heavy atom. The minimum atomic E-state index is 0.196. The van der Waals surface area contributed by atoms with Crippen LogP contribution in [0.3, 0.4) is 0 Å². The quantitative estimate of drug-likeness (QED) is 0.822. The van der Waals surface area contributed by atoms with Gasteiger partial charge in [0.25, 0.3) is 0 Å². The van der Waals surface area contributed by atoms with E-state index >= 15 is 0 Å². The van der Waals surface area contributed by atoms with Gasteiger partial charge in [0.2, 0.25) is 0 Å². The molecule has 1 aliphatic heterocycles. The van der Waals surface area contributed by atoms with E-state index in [0.717, 1.165) is 43.3 Å². The van der Waals surface area contributed by atoms with Crippen molar-refractivity contribution in [2.24, 2.45) is 0 Å². The first-order valence-electron chi connectivity index (χ1n) is 5.96. The van der Waals surface area contributed by atoms with E-state index in [-0.39, 0.29) is 6.10 Å². The standard InChI is InChI=1S/C12H16N4O/c1-9-3-2-4-12-14-11(15-16(9)12)7-10-8-13-5-6-17-10/h2-4,10,13H,5-8H2,1H3. The molecule has 2 aromatic rings. The van der Waals surface area contributed by atoms with Crippen molar-refractivity contribution in [1.29, 1.82) is 0 Å². The van der Waals surface area contributed by atoms with Crippen LogP contribution in [-0.2, 0) is 11.2 Å². The van der Waals surface area contributed by atoms with Gasteiger partial charge in [-0.3, -0.25) is 0 Å². The number of pyridine rings is 1. The molecule has 0 spiro atoms. The molecule has 1 unspecified atom stereocenters. The molecule has 0 saturated carbocycles. The number of morpholine rings is 1. The van der Waals surface area contributed by atoms with Crippen LogP contribution in [0.5, 0.6) is 0 Å². The molecule has 1 N–H and O–H groups in total. The Balaban J connectivity index is 1.83. The molecule has 1 saturated heterocycles. The van der Waals surface area contributed by atoms with E-state index in [9.17, 15) is 0 Å². The highest BCUT2D eigenvalue weighted by molar-refractivity contribution is 5.38. The van der Waals surface area contributed by atoms with Crippen LogP contribution >= 0.6 is 0 Å². The number of rotatable bonds is 2. The molecule has 5 heteroatoms. The molecule has 17 heavy (non-hydrogen) atoms. The lowest BCUT2D eigenvalue weighted by Crippen LogP contribution is -2.39. The Morgan fingerprint density at radius 2 is 2.47 bits per heavy atom. The van der Waals surface area contributed by atoms with E-state index in [1.54, 1.807) is 0 Å². The second kappa shape index (κ2) is 4.43. The topological polar surface area (TPSA) is 51.5 Å². The van der Waals surface area contributed by atoms with Crippen LogP contribution in [0.15, 0.2) is 18.2 Å². The zero-order valence-corrected chi connectivity index (χ0v) is 9.89. The first-order valence-corrected chi connectivity index (χ1v) is 5.96. The lowest BCUT2D eigenvalue weighted by molar-refractivity contribution is 0.0281. The Hall–Kier alpha value is -1.46. The summed E-state index contributed by atoms with van der Waals surface area (Å²) in [5.74, 6) is 0.855. The first kappa shape index (κ1) is 10.7. The van der Waals surface area contributed by atoms with E-state index in [1.807, 2.05) is 29.6 Å². The highest BCUT2D eigenvalue weighted by atomic mass is 16.5.